The number of benzene rings is 1. The molecule has 1 fully saturated rings. The van der Waals surface area contributed by atoms with Crippen molar-refractivity contribution >= 4 is 18.4 Å². The van der Waals surface area contributed by atoms with E-state index in [4.69, 9.17) is 0 Å². The number of carbonyl (C=O) groups excluding carboxylic acids is 1. The van der Waals surface area contributed by atoms with Gasteiger partial charge >= 0.3 is 0 Å². The van der Waals surface area contributed by atoms with E-state index in [0.29, 0.717) is 11.7 Å². The van der Waals surface area contributed by atoms with Crippen LogP contribution in [0.2, 0.25) is 0 Å². The summed E-state index contributed by atoms with van der Waals surface area (Å²) in [6, 6.07) is 12.2. The van der Waals surface area contributed by atoms with Crippen LogP contribution in [0.4, 0.5) is 0 Å². The molecule has 2 aliphatic carbocycles. The number of Topliss-reactive ketones (excluding diaryl/α,β-unsaturated/α-hetero) is 1. The van der Waals surface area contributed by atoms with Crippen molar-refractivity contribution in [1.29, 1.82) is 0 Å². The lowest BCUT2D eigenvalue weighted by molar-refractivity contribution is 0.0734. The van der Waals surface area contributed by atoms with Gasteiger partial charge in [0, 0.05) is 17.2 Å². The second-order valence-electron chi connectivity index (χ2n) is 6.67. The first-order valence-corrected chi connectivity index (χ1v) is 8.40. The van der Waals surface area contributed by atoms with Gasteiger partial charge in [0.1, 0.15) is 0 Å². The number of rotatable bonds is 1. The summed E-state index contributed by atoms with van der Waals surface area (Å²) in [5, 5.41) is 0.762. The van der Waals surface area contributed by atoms with Gasteiger partial charge in [0.2, 0.25) is 0 Å². The Balaban J connectivity index is 1.53. The Labute approximate surface area is 136 Å². The Morgan fingerprint density at radius 2 is 1.86 bits per heavy atom. The van der Waals surface area contributed by atoms with Crippen molar-refractivity contribution in [2.24, 2.45) is 5.41 Å². The molecule has 0 saturated heterocycles. The third-order valence-electron chi connectivity index (χ3n) is 5.46. The van der Waals surface area contributed by atoms with Crippen molar-refractivity contribution in [3.8, 4) is 0 Å². The molecular formula is C19H19NOS. The van der Waals surface area contributed by atoms with Crippen molar-refractivity contribution in [3.63, 3.8) is 0 Å². The maximum absolute atomic E-state index is 12.8. The highest BCUT2D eigenvalue weighted by Gasteiger charge is 2.47. The number of ketones is 1. The van der Waals surface area contributed by atoms with E-state index < -0.39 is 0 Å². The normalized spacial score (nSPS) is 27.1. The van der Waals surface area contributed by atoms with Crippen molar-refractivity contribution < 1.29 is 4.79 Å². The zero-order chi connectivity index (χ0) is 15.2. The summed E-state index contributed by atoms with van der Waals surface area (Å²) in [6.07, 6.45) is 7.01. The van der Waals surface area contributed by atoms with Crippen LogP contribution in [0.3, 0.4) is 0 Å². The van der Waals surface area contributed by atoms with Crippen LogP contribution in [0.1, 0.15) is 53.1 Å². The molecule has 112 valence electrons. The minimum atomic E-state index is -0.128. The first-order chi connectivity index (χ1) is 10.7. The second-order valence-corrected chi connectivity index (χ2v) is 7.13. The SMILES string of the molecule is O=C1c2ccccc2C[C@]12CC[C@H](c1ccc(S)nc1)CC2. The van der Waals surface area contributed by atoms with Crippen LogP contribution in [0.15, 0.2) is 47.6 Å². The molecule has 2 aromatic rings. The first-order valence-electron chi connectivity index (χ1n) is 7.96. The third kappa shape index (κ3) is 2.19. The average molecular weight is 309 g/mol. The van der Waals surface area contributed by atoms with E-state index in [9.17, 15) is 4.79 Å². The number of pyridine rings is 1. The van der Waals surface area contributed by atoms with Gasteiger partial charge in [-0.1, -0.05) is 30.3 Å². The van der Waals surface area contributed by atoms with Crippen molar-refractivity contribution in [2.45, 2.75) is 43.0 Å². The van der Waals surface area contributed by atoms with Crippen LogP contribution < -0.4 is 0 Å². The minimum Gasteiger partial charge on any atom is -0.294 e. The van der Waals surface area contributed by atoms with Crippen LogP contribution in [-0.4, -0.2) is 10.8 Å². The molecule has 4 rings (SSSR count). The van der Waals surface area contributed by atoms with Crippen molar-refractivity contribution in [2.75, 3.05) is 0 Å². The summed E-state index contributed by atoms with van der Waals surface area (Å²) in [4.78, 5) is 17.1. The van der Waals surface area contributed by atoms with Gasteiger partial charge in [0.15, 0.2) is 5.78 Å². The summed E-state index contributed by atoms with van der Waals surface area (Å²) in [5.74, 6) is 0.911. The van der Waals surface area contributed by atoms with Crippen LogP contribution in [0.25, 0.3) is 0 Å². The second kappa shape index (κ2) is 5.24. The molecule has 0 bridgehead atoms. The van der Waals surface area contributed by atoms with E-state index in [2.05, 4.69) is 29.7 Å². The Morgan fingerprint density at radius 1 is 1.09 bits per heavy atom. The first kappa shape index (κ1) is 14.0. The van der Waals surface area contributed by atoms with E-state index in [-0.39, 0.29) is 5.41 Å². The highest BCUT2D eigenvalue weighted by atomic mass is 32.1. The number of aromatic nitrogens is 1. The highest BCUT2D eigenvalue weighted by Crippen LogP contribution is 2.50. The van der Waals surface area contributed by atoms with Gasteiger partial charge in [-0.3, -0.25) is 4.79 Å². The lowest BCUT2D eigenvalue weighted by Gasteiger charge is -2.36. The molecule has 0 amide bonds. The van der Waals surface area contributed by atoms with Gasteiger partial charge in [-0.05, 0) is 55.2 Å². The van der Waals surface area contributed by atoms with E-state index in [1.165, 1.54) is 11.1 Å². The molecule has 1 saturated carbocycles. The summed E-state index contributed by atoms with van der Waals surface area (Å²) < 4.78 is 0. The molecule has 3 heteroatoms. The lowest BCUT2D eigenvalue weighted by atomic mass is 9.67. The van der Waals surface area contributed by atoms with Gasteiger partial charge in [0.25, 0.3) is 0 Å². The molecule has 2 nitrogen and oxygen atoms in total. The predicted octanol–water partition coefficient (Wildman–Crippen LogP) is 4.45. The Bertz CT molecular complexity index is 714. The Kier molecular flexibility index (Phi) is 3.33. The fourth-order valence-electron chi connectivity index (χ4n) is 4.17. The van der Waals surface area contributed by atoms with Gasteiger partial charge in [-0.25, -0.2) is 4.98 Å². The fourth-order valence-corrected chi connectivity index (χ4v) is 4.31. The average Bonchev–Trinajstić information content (AvgIpc) is 2.82. The number of hydrogen-bond donors (Lipinski definition) is 1. The van der Waals surface area contributed by atoms with E-state index in [0.717, 1.165) is 42.7 Å². The summed E-state index contributed by atoms with van der Waals surface area (Å²) >= 11 is 4.25. The van der Waals surface area contributed by atoms with Crippen LogP contribution >= 0.6 is 12.6 Å². The topological polar surface area (TPSA) is 30.0 Å². The molecule has 0 N–H and O–H groups in total. The number of hydrogen-bond acceptors (Lipinski definition) is 3. The van der Waals surface area contributed by atoms with Crippen LogP contribution in [-0.2, 0) is 6.42 Å². The highest BCUT2D eigenvalue weighted by molar-refractivity contribution is 7.80. The summed E-state index contributed by atoms with van der Waals surface area (Å²) in [5.41, 5.74) is 3.36. The molecule has 0 radical (unpaired) electrons. The van der Waals surface area contributed by atoms with E-state index in [1.54, 1.807) is 0 Å². The minimum absolute atomic E-state index is 0.128. The van der Waals surface area contributed by atoms with Gasteiger partial charge in [0.05, 0.1) is 5.03 Å². The molecule has 0 aliphatic heterocycles. The molecule has 22 heavy (non-hydrogen) atoms. The molecule has 1 aromatic carbocycles. The Morgan fingerprint density at radius 3 is 2.55 bits per heavy atom. The summed E-state index contributed by atoms with van der Waals surface area (Å²) in [6.45, 7) is 0. The maximum Gasteiger partial charge on any atom is 0.169 e. The third-order valence-corrected chi connectivity index (χ3v) is 5.72. The molecule has 1 spiro atoms. The molecule has 2 aliphatic rings. The quantitative estimate of drug-likeness (QED) is 0.789. The van der Waals surface area contributed by atoms with Crippen molar-refractivity contribution in [1.82, 2.24) is 4.98 Å². The zero-order valence-corrected chi connectivity index (χ0v) is 13.4. The standard InChI is InChI=1S/C19H19NOS/c21-18-16-4-2-1-3-14(16)11-19(18)9-7-13(8-10-19)15-5-6-17(22)20-12-15/h1-6,12-13H,7-11H2,(H,20,22)/t13-,19+. The lowest BCUT2D eigenvalue weighted by Crippen LogP contribution is -2.32. The van der Waals surface area contributed by atoms with Gasteiger partial charge in [-0.15, -0.1) is 12.6 Å². The van der Waals surface area contributed by atoms with Gasteiger partial charge in [-0.2, -0.15) is 0 Å². The monoisotopic (exact) mass is 309 g/mol. The molecule has 1 aromatic heterocycles. The van der Waals surface area contributed by atoms with Crippen LogP contribution in [0.5, 0.6) is 0 Å². The fraction of sp³-hybridized carbons (Fsp3) is 0.368. The van der Waals surface area contributed by atoms with E-state index >= 15 is 0 Å². The van der Waals surface area contributed by atoms with Crippen molar-refractivity contribution in [3.05, 3.63) is 59.3 Å². The Hall–Kier alpha value is -1.61. The molecule has 0 atom stereocenters. The maximum atomic E-state index is 12.8. The number of thiol groups is 1. The largest absolute Gasteiger partial charge is 0.294 e. The molecular weight excluding hydrogens is 290 g/mol. The van der Waals surface area contributed by atoms with Gasteiger partial charge < -0.3 is 0 Å². The van der Waals surface area contributed by atoms with E-state index in [1.807, 2.05) is 30.5 Å². The predicted molar refractivity (Wildman–Crippen MR) is 89.6 cm³/mol. The zero-order valence-electron chi connectivity index (χ0n) is 12.5. The molecule has 0 unspecified atom stereocenters. The number of fused-ring (bicyclic) bond motifs is 1. The number of nitrogens with zero attached hydrogens (tertiary/aromatic N) is 1. The summed E-state index contributed by atoms with van der Waals surface area (Å²) in [7, 11) is 0. The number of carbonyl (C=O) groups is 1. The molecule has 1 heterocycles. The smallest absolute Gasteiger partial charge is 0.169 e. The van der Waals surface area contributed by atoms with Crippen LogP contribution in [0, 0.1) is 5.41 Å².